The summed E-state index contributed by atoms with van der Waals surface area (Å²) in [5, 5.41) is 0. The second-order valence-electron chi connectivity index (χ2n) is 6.62. The number of nitrogens with zero attached hydrogens (tertiary/aromatic N) is 4. The molecule has 0 saturated carbocycles. The zero-order chi connectivity index (χ0) is 16.3. The van der Waals surface area contributed by atoms with E-state index in [4.69, 9.17) is 0 Å². The number of amides is 1. The molecule has 1 fully saturated rings. The summed E-state index contributed by atoms with van der Waals surface area (Å²) in [4.78, 5) is 25.6. The van der Waals surface area contributed by atoms with E-state index in [0.29, 0.717) is 12.3 Å². The van der Waals surface area contributed by atoms with Gasteiger partial charge in [-0.15, -0.1) is 0 Å². The molecule has 0 N–H and O–H groups in total. The molecule has 0 radical (unpaired) electrons. The maximum Gasteiger partial charge on any atom is 0.222 e. The molecule has 5 heteroatoms. The highest BCUT2D eigenvalue weighted by molar-refractivity contribution is 5.76. The Hall–Kier alpha value is -1.65. The van der Waals surface area contributed by atoms with Crippen LogP contribution >= 0.6 is 0 Å². The second kappa shape index (κ2) is 7.07. The van der Waals surface area contributed by atoms with Crippen LogP contribution in [0.3, 0.4) is 0 Å². The molecule has 22 heavy (non-hydrogen) atoms. The van der Waals surface area contributed by atoms with Gasteiger partial charge in [-0.25, -0.2) is 9.97 Å². The van der Waals surface area contributed by atoms with Gasteiger partial charge in [0.1, 0.15) is 11.6 Å². The highest BCUT2D eigenvalue weighted by Crippen LogP contribution is 2.21. The summed E-state index contributed by atoms with van der Waals surface area (Å²) in [6, 6.07) is 0. The predicted octanol–water partition coefficient (Wildman–Crippen LogP) is 2.49. The molecule has 0 spiro atoms. The van der Waals surface area contributed by atoms with E-state index >= 15 is 0 Å². The molecule has 1 aliphatic heterocycles. The Morgan fingerprint density at radius 1 is 1.09 bits per heavy atom. The van der Waals surface area contributed by atoms with Crippen molar-refractivity contribution in [3.05, 3.63) is 17.1 Å². The summed E-state index contributed by atoms with van der Waals surface area (Å²) >= 11 is 0. The van der Waals surface area contributed by atoms with E-state index < -0.39 is 0 Å². The van der Waals surface area contributed by atoms with Crippen molar-refractivity contribution in [2.24, 2.45) is 5.92 Å². The standard InChI is InChI=1S/C17H28N4O/c1-12(2)11-16(22)20-7-6-8-21(10-9-20)17-13(3)14(4)18-15(5)19-17/h12H,6-11H2,1-5H3. The van der Waals surface area contributed by atoms with Gasteiger partial charge >= 0.3 is 0 Å². The van der Waals surface area contributed by atoms with Crippen LogP contribution in [0.25, 0.3) is 0 Å². The monoisotopic (exact) mass is 304 g/mol. The minimum Gasteiger partial charge on any atom is -0.354 e. The Labute approximate surface area is 133 Å². The molecular weight excluding hydrogens is 276 g/mol. The summed E-state index contributed by atoms with van der Waals surface area (Å²) in [7, 11) is 0. The molecule has 1 aromatic heterocycles. The Kier molecular flexibility index (Phi) is 5.37. The lowest BCUT2D eigenvalue weighted by atomic mass is 10.1. The maximum absolute atomic E-state index is 12.3. The minimum atomic E-state index is 0.281. The SMILES string of the molecule is Cc1nc(C)c(C)c(N2CCCN(C(=O)CC(C)C)CC2)n1. The molecule has 0 bridgehead atoms. The van der Waals surface area contributed by atoms with Gasteiger partial charge in [0.05, 0.1) is 0 Å². The molecule has 122 valence electrons. The molecule has 0 atom stereocenters. The first-order chi connectivity index (χ1) is 10.4. The number of anilines is 1. The van der Waals surface area contributed by atoms with Crippen LogP contribution in [0, 0.1) is 26.7 Å². The molecule has 5 nitrogen and oxygen atoms in total. The van der Waals surface area contributed by atoms with E-state index in [-0.39, 0.29) is 5.91 Å². The van der Waals surface area contributed by atoms with Crippen molar-refractivity contribution < 1.29 is 4.79 Å². The molecule has 2 rings (SSSR count). The van der Waals surface area contributed by atoms with Gasteiger partial charge in [-0.2, -0.15) is 0 Å². The van der Waals surface area contributed by atoms with Crippen LogP contribution < -0.4 is 4.90 Å². The molecule has 1 aromatic rings. The zero-order valence-corrected chi connectivity index (χ0v) is 14.5. The van der Waals surface area contributed by atoms with E-state index in [1.807, 2.05) is 18.7 Å². The van der Waals surface area contributed by atoms with E-state index in [1.54, 1.807) is 0 Å². The van der Waals surface area contributed by atoms with Gasteiger partial charge < -0.3 is 9.80 Å². The Morgan fingerprint density at radius 3 is 2.50 bits per heavy atom. The first-order valence-electron chi connectivity index (χ1n) is 8.23. The van der Waals surface area contributed by atoms with Crippen molar-refractivity contribution in [1.29, 1.82) is 0 Å². The van der Waals surface area contributed by atoms with Crippen LogP contribution in [0.15, 0.2) is 0 Å². The maximum atomic E-state index is 12.3. The second-order valence-corrected chi connectivity index (χ2v) is 6.62. The first kappa shape index (κ1) is 16.7. The van der Waals surface area contributed by atoms with Crippen LogP contribution in [0.2, 0.25) is 0 Å². The van der Waals surface area contributed by atoms with Crippen molar-refractivity contribution in [2.45, 2.75) is 47.5 Å². The molecular formula is C17H28N4O. The molecule has 0 aliphatic carbocycles. The van der Waals surface area contributed by atoms with Crippen LogP contribution in [0.5, 0.6) is 0 Å². The number of carbonyl (C=O) groups is 1. The molecule has 0 unspecified atom stereocenters. The van der Waals surface area contributed by atoms with Crippen molar-refractivity contribution >= 4 is 11.7 Å². The smallest absolute Gasteiger partial charge is 0.222 e. The van der Waals surface area contributed by atoms with E-state index in [0.717, 1.165) is 55.5 Å². The zero-order valence-electron chi connectivity index (χ0n) is 14.5. The molecule has 2 heterocycles. The van der Waals surface area contributed by atoms with Crippen LogP contribution in [-0.4, -0.2) is 47.0 Å². The van der Waals surface area contributed by atoms with Crippen molar-refractivity contribution in [3.8, 4) is 0 Å². The number of hydrogen-bond donors (Lipinski definition) is 0. The Bertz CT molecular complexity index is 542. The number of rotatable bonds is 3. The van der Waals surface area contributed by atoms with E-state index in [9.17, 15) is 4.79 Å². The fourth-order valence-corrected chi connectivity index (χ4v) is 2.92. The molecule has 1 amide bonds. The average molecular weight is 304 g/mol. The molecule has 0 aromatic carbocycles. The number of aryl methyl sites for hydroxylation is 2. The average Bonchev–Trinajstić information content (AvgIpc) is 2.68. The summed E-state index contributed by atoms with van der Waals surface area (Å²) in [5.41, 5.74) is 2.19. The topological polar surface area (TPSA) is 49.3 Å². The first-order valence-corrected chi connectivity index (χ1v) is 8.23. The Balaban J connectivity index is 2.09. The fraction of sp³-hybridized carbons (Fsp3) is 0.706. The van der Waals surface area contributed by atoms with Gasteiger partial charge in [-0.3, -0.25) is 4.79 Å². The normalized spacial score (nSPS) is 16.1. The quantitative estimate of drug-likeness (QED) is 0.861. The van der Waals surface area contributed by atoms with Gasteiger partial charge in [0, 0.05) is 43.9 Å². The number of hydrogen-bond acceptors (Lipinski definition) is 4. The lowest BCUT2D eigenvalue weighted by Crippen LogP contribution is -2.36. The van der Waals surface area contributed by atoms with Gasteiger partial charge in [0.25, 0.3) is 0 Å². The third kappa shape index (κ3) is 3.96. The van der Waals surface area contributed by atoms with Crippen molar-refractivity contribution in [2.75, 3.05) is 31.1 Å². The van der Waals surface area contributed by atoms with Crippen LogP contribution in [0.4, 0.5) is 5.82 Å². The molecule has 1 aliphatic rings. The van der Waals surface area contributed by atoms with Crippen molar-refractivity contribution in [3.63, 3.8) is 0 Å². The lowest BCUT2D eigenvalue weighted by Gasteiger charge is -2.25. The summed E-state index contributed by atoms with van der Waals surface area (Å²) in [6.45, 7) is 13.7. The van der Waals surface area contributed by atoms with Crippen LogP contribution in [0.1, 0.15) is 43.8 Å². The summed E-state index contributed by atoms with van der Waals surface area (Å²) < 4.78 is 0. The van der Waals surface area contributed by atoms with Gasteiger partial charge in [-0.1, -0.05) is 13.8 Å². The van der Waals surface area contributed by atoms with E-state index in [1.165, 1.54) is 0 Å². The van der Waals surface area contributed by atoms with Crippen LogP contribution in [-0.2, 0) is 4.79 Å². The highest BCUT2D eigenvalue weighted by atomic mass is 16.2. The predicted molar refractivity (Wildman–Crippen MR) is 89.1 cm³/mol. The third-order valence-electron chi connectivity index (χ3n) is 4.21. The van der Waals surface area contributed by atoms with E-state index in [2.05, 4.69) is 35.6 Å². The minimum absolute atomic E-state index is 0.281. The molecule has 1 saturated heterocycles. The Morgan fingerprint density at radius 2 is 1.82 bits per heavy atom. The fourth-order valence-electron chi connectivity index (χ4n) is 2.92. The summed E-state index contributed by atoms with van der Waals surface area (Å²) in [5.74, 6) is 2.54. The largest absolute Gasteiger partial charge is 0.354 e. The van der Waals surface area contributed by atoms with Gasteiger partial charge in [-0.05, 0) is 33.1 Å². The summed E-state index contributed by atoms with van der Waals surface area (Å²) in [6.07, 6.45) is 1.64. The van der Waals surface area contributed by atoms with Crippen molar-refractivity contribution in [1.82, 2.24) is 14.9 Å². The lowest BCUT2D eigenvalue weighted by molar-refractivity contribution is -0.131. The van der Waals surface area contributed by atoms with Gasteiger partial charge in [0.15, 0.2) is 0 Å². The third-order valence-corrected chi connectivity index (χ3v) is 4.21. The number of aromatic nitrogens is 2. The van der Waals surface area contributed by atoms with Gasteiger partial charge in [0.2, 0.25) is 5.91 Å². The number of carbonyl (C=O) groups excluding carboxylic acids is 1. The highest BCUT2D eigenvalue weighted by Gasteiger charge is 2.22.